The van der Waals surface area contributed by atoms with Gasteiger partial charge in [-0.05, 0) is 51.7 Å². The molecule has 1 aliphatic heterocycles. The number of likely N-dealkylation sites (tertiary alicyclic amines) is 1. The Morgan fingerprint density at radius 2 is 2.09 bits per heavy atom. The average Bonchev–Trinajstić information content (AvgIpc) is 2.37. The molecule has 122 valence electrons. The van der Waals surface area contributed by atoms with E-state index in [4.69, 9.17) is 10.5 Å². The molecule has 1 aliphatic rings. The van der Waals surface area contributed by atoms with Gasteiger partial charge in [0.25, 0.3) is 0 Å². The van der Waals surface area contributed by atoms with Crippen LogP contribution in [0, 0.1) is 12.8 Å². The molecule has 2 heterocycles. The highest BCUT2D eigenvalue weighted by Crippen LogP contribution is 2.33. The van der Waals surface area contributed by atoms with Gasteiger partial charge < -0.3 is 15.4 Å². The van der Waals surface area contributed by atoms with Crippen LogP contribution in [0.15, 0.2) is 6.07 Å². The number of piperidine rings is 1. The summed E-state index contributed by atoms with van der Waals surface area (Å²) in [6.45, 7) is 11.1. The number of nitrogen functional groups attached to an aromatic ring is 1. The van der Waals surface area contributed by atoms with Crippen LogP contribution in [0.4, 0.5) is 10.6 Å². The van der Waals surface area contributed by atoms with Crippen molar-refractivity contribution in [2.24, 2.45) is 5.92 Å². The largest absolute Gasteiger partial charge is 0.444 e. The third-order valence-corrected chi connectivity index (χ3v) is 3.95. The van der Waals surface area contributed by atoms with Crippen molar-refractivity contribution in [3.63, 3.8) is 0 Å². The summed E-state index contributed by atoms with van der Waals surface area (Å²) in [5, 5.41) is 8.25. The summed E-state index contributed by atoms with van der Waals surface area (Å²) < 4.78 is 5.45. The first-order valence-electron chi connectivity index (χ1n) is 7.75. The number of anilines is 1. The molecule has 2 atom stereocenters. The predicted molar refractivity (Wildman–Crippen MR) is 85.5 cm³/mol. The fraction of sp³-hybridized carbons (Fsp3) is 0.688. The highest BCUT2D eigenvalue weighted by atomic mass is 16.6. The van der Waals surface area contributed by atoms with Crippen LogP contribution in [0.3, 0.4) is 0 Å². The molecule has 1 fully saturated rings. The monoisotopic (exact) mass is 306 g/mol. The van der Waals surface area contributed by atoms with Crippen LogP contribution >= 0.6 is 0 Å². The maximum atomic E-state index is 12.2. The minimum Gasteiger partial charge on any atom is -0.444 e. The lowest BCUT2D eigenvalue weighted by Gasteiger charge is -2.37. The Morgan fingerprint density at radius 3 is 2.64 bits per heavy atom. The number of carbonyl (C=O) groups excluding carboxylic acids is 1. The molecule has 0 saturated carbocycles. The Morgan fingerprint density at radius 1 is 1.41 bits per heavy atom. The zero-order valence-electron chi connectivity index (χ0n) is 14.1. The third kappa shape index (κ3) is 3.87. The number of rotatable bonds is 1. The van der Waals surface area contributed by atoms with Crippen LogP contribution in [0.5, 0.6) is 0 Å². The van der Waals surface area contributed by atoms with Crippen LogP contribution in [0.2, 0.25) is 0 Å². The SMILES string of the molecule is Cc1cc(N)nnc1[C@H]1CCN(C(=O)OC(C)(C)C)C[C@@H]1C. The van der Waals surface area contributed by atoms with Crippen molar-refractivity contribution in [2.75, 3.05) is 18.8 Å². The standard InChI is InChI=1S/C16H26N4O2/c1-10-8-13(17)18-19-14(10)12-6-7-20(9-11(12)2)15(21)22-16(3,4)5/h8,11-12H,6-7,9H2,1-5H3,(H2,17,18)/t11-,12-/m0/s1. The summed E-state index contributed by atoms with van der Waals surface area (Å²) in [6.07, 6.45) is 0.623. The minimum atomic E-state index is -0.462. The lowest BCUT2D eigenvalue weighted by molar-refractivity contribution is 0.0153. The molecule has 22 heavy (non-hydrogen) atoms. The second kappa shape index (κ2) is 6.10. The summed E-state index contributed by atoms with van der Waals surface area (Å²) >= 11 is 0. The van der Waals surface area contributed by atoms with E-state index in [-0.39, 0.29) is 6.09 Å². The normalized spacial score (nSPS) is 22.5. The predicted octanol–water partition coefficient (Wildman–Crippen LogP) is 2.73. The van der Waals surface area contributed by atoms with E-state index in [0.29, 0.717) is 30.7 Å². The number of nitrogens with zero attached hydrogens (tertiary/aromatic N) is 3. The molecule has 0 aliphatic carbocycles. The molecule has 0 spiro atoms. The van der Waals surface area contributed by atoms with E-state index in [2.05, 4.69) is 17.1 Å². The molecule has 0 aromatic carbocycles. The molecule has 0 bridgehead atoms. The Kier molecular flexibility index (Phi) is 4.58. The number of ether oxygens (including phenoxy) is 1. The van der Waals surface area contributed by atoms with Crippen molar-refractivity contribution < 1.29 is 9.53 Å². The molecule has 6 nitrogen and oxygen atoms in total. The molecule has 1 amide bonds. The zero-order chi connectivity index (χ0) is 16.5. The summed E-state index contributed by atoms with van der Waals surface area (Å²) in [7, 11) is 0. The minimum absolute atomic E-state index is 0.238. The summed E-state index contributed by atoms with van der Waals surface area (Å²) in [4.78, 5) is 14.0. The van der Waals surface area contributed by atoms with Crippen molar-refractivity contribution in [1.82, 2.24) is 15.1 Å². The smallest absolute Gasteiger partial charge is 0.410 e. The van der Waals surface area contributed by atoms with Crippen molar-refractivity contribution in [2.45, 2.75) is 52.6 Å². The second-order valence-corrected chi connectivity index (χ2v) is 7.14. The summed E-state index contributed by atoms with van der Waals surface area (Å²) in [5.41, 5.74) is 7.26. The second-order valence-electron chi connectivity index (χ2n) is 7.14. The van der Waals surface area contributed by atoms with E-state index in [0.717, 1.165) is 17.7 Å². The van der Waals surface area contributed by atoms with Crippen molar-refractivity contribution >= 4 is 11.9 Å². The molecule has 1 aromatic rings. The van der Waals surface area contributed by atoms with Gasteiger partial charge >= 0.3 is 6.09 Å². The Hall–Kier alpha value is -1.85. The summed E-state index contributed by atoms with van der Waals surface area (Å²) in [6, 6.07) is 1.86. The van der Waals surface area contributed by atoms with Gasteiger partial charge in [-0.25, -0.2) is 4.79 Å². The van der Waals surface area contributed by atoms with E-state index >= 15 is 0 Å². The number of aryl methyl sites for hydroxylation is 1. The molecule has 1 saturated heterocycles. The topological polar surface area (TPSA) is 81.3 Å². The number of amides is 1. The molecule has 2 rings (SSSR count). The quantitative estimate of drug-likeness (QED) is 0.862. The Bertz CT molecular complexity index is 554. The summed E-state index contributed by atoms with van der Waals surface area (Å²) in [5.74, 6) is 1.05. The highest BCUT2D eigenvalue weighted by Gasteiger charge is 2.33. The van der Waals surface area contributed by atoms with Crippen LogP contribution in [-0.4, -0.2) is 39.9 Å². The maximum absolute atomic E-state index is 12.2. The molecule has 6 heteroatoms. The fourth-order valence-electron chi connectivity index (χ4n) is 2.93. The molecule has 2 N–H and O–H groups in total. The maximum Gasteiger partial charge on any atom is 0.410 e. The van der Waals surface area contributed by atoms with Gasteiger partial charge in [-0.3, -0.25) is 0 Å². The van der Waals surface area contributed by atoms with Gasteiger partial charge in [0.2, 0.25) is 0 Å². The van der Waals surface area contributed by atoms with Gasteiger partial charge in [-0.2, -0.15) is 5.10 Å². The number of nitrogens with two attached hydrogens (primary N) is 1. The van der Waals surface area contributed by atoms with E-state index in [9.17, 15) is 4.79 Å². The van der Waals surface area contributed by atoms with Crippen LogP contribution in [0.25, 0.3) is 0 Å². The number of carbonyl (C=O) groups is 1. The lowest BCUT2D eigenvalue weighted by Crippen LogP contribution is -2.44. The van der Waals surface area contributed by atoms with E-state index < -0.39 is 5.60 Å². The van der Waals surface area contributed by atoms with Crippen LogP contribution in [-0.2, 0) is 4.74 Å². The van der Waals surface area contributed by atoms with Gasteiger partial charge in [0.15, 0.2) is 0 Å². The van der Waals surface area contributed by atoms with Gasteiger partial charge in [0.1, 0.15) is 11.4 Å². The van der Waals surface area contributed by atoms with Crippen molar-refractivity contribution in [1.29, 1.82) is 0 Å². The Labute approximate surface area is 132 Å². The molecular weight excluding hydrogens is 280 g/mol. The number of aromatic nitrogens is 2. The number of hydrogen-bond acceptors (Lipinski definition) is 5. The highest BCUT2D eigenvalue weighted by molar-refractivity contribution is 5.68. The fourth-order valence-corrected chi connectivity index (χ4v) is 2.93. The lowest BCUT2D eigenvalue weighted by atomic mass is 9.83. The van der Waals surface area contributed by atoms with Gasteiger partial charge in [0, 0.05) is 19.0 Å². The molecular formula is C16H26N4O2. The average molecular weight is 306 g/mol. The molecule has 0 radical (unpaired) electrons. The first-order valence-corrected chi connectivity index (χ1v) is 7.75. The first-order chi connectivity index (χ1) is 10.2. The third-order valence-electron chi connectivity index (χ3n) is 3.95. The van der Waals surface area contributed by atoms with Crippen molar-refractivity contribution in [3.8, 4) is 0 Å². The first kappa shape index (κ1) is 16.5. The zero-order valence-corrected chi connectivity index (χ0v) is 14.1. The van der Waals surface area contributed by atoms with E-state index in [1.165, 1.54) is 0 Å². The number of hydrogen-bond donors (Lipinski definition) is 1. The van der Waals surface area contributed by atoms with Gasteiger partial charge in [-0.1, -0.05) is 6.92 Å². The van der Waals surface area contributed by atoms with Gasteiger partial charge in [0.05, 0.1) is 5.69 Å². The van der Waals surface area contributed by atoms with Crippen LogP contribution in [0.1, 0.15) is 51.3 Å². The molecule has 0 unspecified atom stereocenters. The van der Waals surface area contributed by atoms with E-state index in [1.807, 2.05) is 33.8 Å². The van der Waals surface area contributed by atoms with Crippen molar-refractivity contribution in [3.05, 3.63) is 17.3 Å². The van der Waals surface area contributed by atoms with Crippen LogP contribution < -0.4 is 5.73 Å². The van der Waals surface area contributed by atoms with Gasteiger partial charge in [-0.15, -0.1) is 5.10 Å². The van der Waals surface area contributed by atoms with E-state index in [1.54, 1.807) is 4.90 Å². The Balaban J connectivity index is 2.05. The molecule has 1 aromatic heterocycles.